The van der Waals surface area contributed by atoms with E-state index < -0.39 is 0 Å². The lowest BCUT2D eigenvalue weighted by molar-refractivity contribution is -0.115. The monoisotopic (exact) mass is 398 g/mol. The Kier molecular flexibility index (Phi) is 5.02. The number of hydrogen-bond donors (Lipinski definition) is 1. The lowest BCUT2D eigenvalue weighted by Gasteiger charge is -2.04. The minimum atomic E-state index is -0.315. The lowest BCUT2D eigenvalue weighted by Crippen LogP contribution is -2.12. The van der Waals surface area contributed by atoms with E-state index in [0.29, 0.717) is 28.7 Å². The van der Waals surface area contributed by atoms with Gasteiger partial charge in [0.25, 0.3) is 0 Å². The first kappa shape index (κ1) is 18.1. The van der Waals surface area contributed by atoms with Gasteiger partial charge in [0, 0.05) is 18.2 Å². The van der Waals surface area contributed by atoms with E-state index in [1.165, 1.54) is 30.2 Å². The van der Waals surface area contributed by atoms with Crippen LogP contribution in [0.4, 0.5) is 10.2 Å². The molecule has 0 radical (unpaired) electrons. The van der Waals surface area contributed by atoms with Gasteiger partial charge in [0.1, 0.15) is 22.9 Å². The number of rotatable bonds is 6. The van der Waals surface area contributed by atoms with Gasteiger partial charge >= 0.3 is 0 Å². The number of carbonyl (C=O) groups excluding carboxylic acids is 1. The third-order valence-electron chi connectivity index (χ3n) is 3.86. The number of hydrogen-bond acceptors (Lipinski definition) is 7. The molecule has 0 saturated carbocycles. The Morgan fingerprint density at radius 1 is 1.29 bits per heavy atom. The van der Waals surface area contributed by atoms with Gasteiger partial charge in [0.15, 0.2) is 11.5 Å². The number of nitrogens with zero attached hydrogens (tertiary/aromatic N) is 5. The predicted molar refractivity (Wildman–Crippen MR) is 102 cm³/mol. The molecule has 4 aromatic rings. The summed E-state index contributed by atoms with van der Waals surface area (Å²) in [5, 5.41) is 12.2. The molecule has 0 fully saturated rings. The summed E-state index contributed by atoms with van der Waals surface area (Å²) >= 11 is 1.44. The maximum Gasteiger partial charge on any atom is 0.226 e. The Hall–Kier alpha value is -3.27. The van der Waals surface area contributed by atoms with Crippen molar-refractivity contribution in [1.29, 1.82) is 0 Å². The molecule has 0 spiro atoms. The van der Waals surface area contributed by atoms with E-state index in [9.17, 15) is 9.18 Å². The van der Waals surface area contributed by atoms with E-state index >= 15 is 0 Å². The average molecular weight is 398 g/mol. The Labute approximate surface area is 163 Å². The number of halogens is 1. The molecule has 1 N–H and O–H groups in total. The van der Waals surface area contributed by atoms with Crippen LogP contribution in [0.2, 0.25) is 0 Å². The van der Waals surface area contributed by atoms with Crippen LogP contribution in [0.25, 0.3) is 16.7 Å². The Morgan fingerprint density at radius 3 is 2.86 bits per heavy atom. The van der Waals surface area contributed by atoms with Crippen LogP contribution < -0.4 is 5.32 Å². The van der Waals surface area contributed by atoms with Crippen molar-refractivity contribution in [3.63, 3.8) is 0 Å². The van der Waals surface area contributed by atoms with Crippen molar-refractivity contribution in [1.82, 2.24) is 24.9 Å². The van der Waals surface area contributed by atoms with Gasteiger partial charge in [-0.05, 0) is 31.2 Å². The Morgan fingerprint density at radius 2 is 2.11 bits per heavy atom. The van der Waals surface area contributed by atoms with Gasteiger partial charge in [-0.1, -0.05) is 5.16 Å². The van der Waals surface area contributed by atoms with Crippen molar-refractivity contribution in [2.45, 2.75) is 18.4 Å². The van der Waals surface area contributed by atoms with E-state index in [1.54, 1.807) is 36.0 Å². The fourth-order valence-corrected chi connectivity index (χ4v) is 3.48. The van der Waals surface area contributed by atoms with Gasteiger partial charge in [-0.15, -0.1) is 11.8 Å². The maximum atomic E-state index is 13.1. The zero-order valence-corrected chi connectivity index (χ0v) is 15.6. The molecule has 10 heteroatoms. The van der Waals surface area contributed by atoms with Crippen molar-refractivity contribution >= 4 is 34.5 Å². The molecule has 0 aliphatic carbocycles. The number of aryl methyl sites for hydroxylation is 1. The summed E-state index contributed by atoms with van der Waals surface area (Å²) < 4.78 is 19.7. The van der Waals surface area contributed by atoms with E-state index in [0.717, 1.165) is 10.4 Å². The molecule has 0 saturated heterocycles. The smallest absolute Gasteiger partial charge is 0.226 e. The van der Waals surface area contributed by atoms with Gasteiger partial charge in [0.2, 0.25) is 5.91 Å². The fourth-order valence-electron chi connectivity index (χ4n) is 2.58. The predicted octanol–water partition coefficient (Wildman–Crippen LogP) is 3.37. The topological polar surface area (TPSA) is 98.7 Å². The van der Waals surface area contributed by atoms with E-state index in [-0.39, 0.29) is 18.1 Å². The molecule has 28 heavy (non-hydrogen) atoms. The number of thioether (sulfide) groups is 1. The summed E-state index contributed by atoms with van der Waals surface area (Å²) in [4.78, 5) is 20.6. The highest BCUT2D eigenvalue weighted by molar-refractivity contribution is 7.99. The van der Waals surface area contributed by atoms with Crippen LogP contribution in [0.3, 0.4) is 0 Å². The standard InChI is InChI=1S/C18H15FN6O2S/c1-11-8-15(24-27-11)23-16(26)6-7-28-18-14-9-22-25(17(14)20-10-21-18)13-4-2-12(19)3-5-13/h2-5,8-10H,6-7H2,1H3,(H,23,24,26). The first-order valence-electron chi connectivity index (χ1n) is 8.41. The molecule has 8 nitrogen and oxygen atoms in total. The van der Waals surface area contributed by atoms with Crippen molar-refractivity contribution < 1.29 is 13.7 Å². The van der Waals surface area contributed by atoms with Crippen LogP contribution in [0.5, 0.6) is 0 Å². The summed E-state index contributed by atoms with van der Waals surface area (Å²) in [5.41, 5.74) is 1.32. The number of benzene rings is 1. The van der Waals surface area contributed by atoms with Gasteiger partial charge in [-0.25, -0.2) is 19.0 Å². The molecule has 3 heterocycles. The number of anilines is 1. The molecule has 1 aromatic carbocycles. The van der Waals surface area contributed by atoms with Crippen molar-refractivity contribution in [3.05, 3.63) is 54.4 Å². The molecular weight excluding hydrogens is 383 g/mol. The highest BCUT2D eigenvalue weighted by atomic mass is 32.2. The van der Waals surface area contributed by atoms with Crippen LogP contribution in [-0.4, -0.2) is 36.6 Å². The highest BCUT2D eigenvalue weighted by Gasteiger charge is 2.13. The van der Waals surface area contributed by atoms with Crippen LogP contribution >= 0.6 is 11.8 Å². The average Bonchev–Trinajstić information content (AvgIpc) is 3.29. The number of aromatic nitrogens is 5. The Bertz CT molecular complexity index is 1120. The van der Waals surface area contributed by atoms with Gasteiger partial charge in [-0.2, -0.15) is 5.10 Å². The molecule has 1 amide bonds. The molecule has 0 aliphatic rings. The van der Waals surface area contributed by atoms with Crippen molar-refractivity contribution in [2.75, 3.05) is 11.1 Å². The van der Waals surface area contributed by atoms with Crippen LogP contribution in [0, 0.1) is 12.7 Å². The first-order chi connectivity index (χ1) is 13.6. The maximum absolute atomic E-state index is 13.1. The van der Waals surface area contributed by atoms with Crippen molar-refractivity contribution in [2.24, 2.45) is 0 Å². The second kappa shape index (κ2) is 7.77. The third kappa shape index (κ3) is 3.86. The normalized spacial score (nSPS) is 11.1. The number of fused-ring (bicyclic) bond motifs is 1. The fraction of sp³-hybridized carbons (Fsp3) is 0.167. The summed E-state index contributed by atoms with van der Waals surface area (Å²) in [6.45, 7) is 1.75. The molecule has 0 bridgehead atoms. The zero-order valence-electron chi connectivity index (χ0n) is 14.8. The van der Waals surface area contributed by atoms with Crippen molar-refractivity contribution in [3.8, 4) is 5.69 Å². The second-order valence-corrected chi connectivity index (χ2v) is 7.00. The SMILES string of the molecule is Cc1cc(NC(=O)CCSc2ncnc3c2cnn3-c2ccc(F)cc2)no1. The summed E-state index contributed by atoms with van der Waals surface area (Å²) in [6.07, 6.45) is 3.40. The van der Waals surface area contributed by atoms with Crippen LogP contribution in [0.15, 0.2) is 52.4 Å². The quantitative estimate of drug-likeness (QED) is 0.393. The molecule has 0 unspecified atom stereocenters. The van der Waals surface area contributed by atoms with Gasteiger partial charge in [0.05, 0.1) is 17.3 Å². The van der Waals surface area contributed by atoms with Crippen LogP contribution in [0.1, 0.15) is 12.2 Å². The minimum Gasteiger partial charge on any atom is -0.360 e. The van der Waals surface area contributed by atoms with Gasteiger partial charge < -0.3 is 9.84 Å². The van der Waals surface area contributed by atoms with E-state index in [2.05, 4.69) is 25.5 Å². The zero-order chi connectivity index (χ0) is 19.5. The number of carbonyl (C=O) groups is 1. The van der Waals surface area contributed by atoms with Gasteiger partial charge in [-0.3, -0.25) is 4.79 Å². The molecular formula is C18H15FN6O2S. The first-order valence-corrected chi connectivity index (χ1v) is 9.39. The molecule has 0 aliphatic heterocycles. The molecule has 4 rings (SSSR count). The second-order valence-electron chi connectivity index (χ2n) is 5.92. The largest absolute Gasteiger partial charge is 0.360 e. The Balaban J connectivity index is 1.44. The molecule has 142 valence electrons. The van der Waals surface area contributed by atoms with E-state index in [4.69, 9.17) is 4.52 Å². The number of nitrogens with one attached hydrogen (secondary N) is 1. The summed E-state index contributed by atoms with van der Waals surface area (Å²) in [5.74, 6) is 1.08. The summed E-state index contributed by atoms with van der Waals surface area (Å²) in [6, 6.07) is 7.66. The molecule has 3 aromatic heterocycles. The number of amides is 1. The third-order valence-corrected chi connectivity index (χ3v) is 4.87. The lowest BCUT2D eigenvalue weighted by atomic mass is 10.3. The summed E-state index contributed by atoms with van der Waals surface area (Å²) in [7, 11) is 0. The minimum absolute atomic E-state index is 0.159. The van der Waals surface area contributed by atoms with Crippen LogP contribution in [-0.2, 0) is 4.79 Å². The van der Waals surface area contributed by atoms with E-state index in [1.807, 2.05) is 0 Å². The highest BCUT2D eigenvalue weighted by Crippen LogP contribution is 2.26. The molecule has 0 atom stereocenters.